The van der Waals surface area contributed by atoms with Crippen molar-refractivity contribution < 1.29 is 19.1 Å². The molecule has 2 unspecified atom stereocenters. The number of hydrogen-bond acceptors (Lipinski definition) is 5. The van der Waals surface area contributed by atoms with Gasteiger partial charge in [0.15, 0.2) is 12.4 Å². The number of nitrogens with zero attached hydrogens (tertiary/aromatic N) is 1. The van der Waals surface area contributed by atoms with Gasteiger partial charge in [-0.15, -0.1) is 0 Å². The normalized spacial score (nSPS) is 22.8. The van der Waals surface area contributed by atoms with Gasteiger partial charge in [0.05, 0.1) is 29.0 Å². The summed E-state index contributed by atoms with van der Waals surface area (Å²) in [6.45, 7) is -0.227. The second kappa shape index (κ2) is 8.16. The predicted molar refractivity (Wildman–Crippen MR) is 93.5 cm³/mol. The van der Waals surface area contributed by atoms with Crippen LogP contribution in [-0.2, 0) is 14.3 Å². The predicted octanol–water partition coefficient (Wildman–Crippen LogP) is 2.86. The largest absolute Gasteiger partial charge is 0.496 e. The number of rotatable bonds is 5. The van der Waals surface area contributed by atoms with Gasteiger partial charge in [-0.2, -0.15) is 5.10 Å². The number of ether oxygens (including phenoxy) is 2. The second-order valence-corrected chi connectivity index (χ2v) is 6.42. The maximum Gasteiger partial charge on any atom is 0.277 e. The van der Waals surface area contributed by atoms with Gasteiger partial charge in [0, 0.05) is 0 Å². The van der Waals surface area contributed by atoms with Crippen LogP contribution in [0.15, 0.2) is 41.2 Å². The fraction of sp³-hybridized carbons (Fsp3) is 0.389. The van der Waals surface area contributed by atoms with Crippen LogP contribution < -0.4 is 10.2 Å². The van der Waals surface area contributed by atoms with Crippen LogP contribution in [-0.4, -0.2) is 30.6 Å². The molecule has 1 aliphatic heterocycles. The number of ketones is 1. The Labute approximate surface area is 150 Å². The van der Waals surface area contributed by atoms with E-state index in [9.17, 15) is 9.59 Å². The first-order valence-corrected chi connectivity index (χ1v) is 8.62. The Morgan fingerprint density at radius 2 is 2.16 bits per heavy atom. The fourth-order valence-electron chi connectivity index (χ4n) is 3.00. The highest BCUT2D eigenvalue weighted by molar-refractivity contribution is 6.32. The Bertz CT molecular complexity index is 717. The molecule has 0 saturated heterocycles. The summed E-state index contributed by atoms with van der Waals surface area (Å²) >= 11 is 5.94. The molecule has 132 valence electrons. The van der Waals surface area contributed by atoms with E-state index in [4.69, 9.17) is 21.1 Å². The van der Waals surface area contributed by atoms with Crippen LogP contribution in [0.25, 0.3) is 0 Å². The molecule has 6 nitrogen and oxygen atoms in total. The van der Waals surface area contributed by atoms with Crippen molar-refractivity contribution in [2.45, 2.75) is 31.8 Å². The third-order valence-corrected chi connectivity index (χ3v) is 4.59. The van der Waals surface area contributed by atoms with Crippen molar-refractivity contribution in [2.24, 2.45) is 11.0 Å². The average Bonchev–Trinajstić information content (AvgIpc) is 2.63. The summed E-state index contributed by atoms with van der Waals surface area (Å²) < 4.78 is 10.9. The summed E-state index contributed by atoms with van der Waals surface area (Å²) in [6.07, 6.45) is 6.62. The minimum Gasteiger partial charge on any atom is -0.496 e. The van der Waals surface area contributed by atoms with Crippen LogP contribution in [0.2, 0.25) is 5.02 Å². The summed E-state index contributed by atoms with van der Waals surface area (Å²) in [6, 6.07) is 6.87. The quantitative estimate of drug-likeness (QED) is 0.645. The zero-order valence-corrected chi connectivity index (χ0v) is 14.4. The summed E-state index contributed by atoms with van der Waals surface area (Å²) in [5, 5.41) is 4.24. The summed E-state index contributed by atoms with van der Waals surface area (Å²) in [7, 11) is 0. The number of carbonyl (C=O) groups excluding carboxylic acids is 2. The van der Waals surface area contributed by atoms with Crippen molar-refractivity contribution in [1.82, 2.24) is 5.43 Å². The SMILES string of the molecule is O=C(COc1ccccc1Cl)N/N=C/C1=COC2CCCCC2C1=O. The third kappa shape index (κ3) is 4.39. The molecule has 1 N–H and O–H groups in total. The molecular formula is C18H19ClN2O4. The smallest absolute Gasteiger partial charge is 0.277 e. The molecule has 0 aromatic heterocycles. The third-order valence-electron chi connectivity index (χ3n) is 4.28. The van der Waals surface area contributed by atoms with Gasteiger partial charge >= 0.3 is 0 Å². The lowest BCUT2D eigenvalue weighted by molar-refractivity contribution is -0.126. The number of fused-ring (bicyclic) bond motifs is 1. The van der Waals surface area contributed by atoms with Crippen LogP contribution in [0.1, 0.15) is 25.7 Å². The molecule has 1 saturated carbocycles. The number of nitrogens with one attached hydrogen (secondary N) is 1. The molecule has 0 spiro atoms. The number of benzene rings is 1. The molecule has 25 heavy (non-hydrogen) atoms. The van der Waals surface area contributed by atoms with Crippen molar-refractivity contribution in [3.05, 3.63) is 41.1 Å². The van der Waals surface area contributed by atoms with Crippen LogP contribution >= 0.6 is 11.6 Å². The van der Waals surface area contributed by atoms with Gasteiger partial charge in [-0.3, -0.25) is 9.59 Å². The van der Waals surface area contributed by atoms with Crippen molar-refractivity contribution >= 4 is 29.5 Å². The van der Waals surface area contributed by atoms with Crippen molar-refractivity contribution in [1.29, 1.82) is 0 Å². The molecule has 1 aromatic carbocycles. The molecule has 1 aliphatic carbocycles. The Morgan fingerprint density at radius 1 is 1.36 bits per heavy atom. The van der Waals surface area contributed by atoms with E-state index in [2.05, 4.69) is 10.5 Å². The topological polar surface area (TPSA) is 77.0 Å². The number of hydrogen-bond donors (Lipinski definition) is 1. The molecule has 1 heterocycles. The lowest BCUT2D eigenvalue weighted by Gasteiger charge is -2.33. The van der Waals surface area contributed by atoms with Crippen LogP contribution in [0, 0.1) is 5.92 Å². The van der Waals surface area contributed by atoms with Crippen LogP contribution in [0.5, 0.6) is 5.75 Å². The van der Waals surface area contributed by atoms with Crippen LogP contribution in [0.3, 0.4) is 0 Å². The van der Waals surface area contributed by atoms with Gasteiger partial charge in [0.2, 0.25) is 0 Å². The first-order chi connectivity index (χ1) is 12.1. The molecule has 1 amide bonds. The van der Waals surface area contributed by atoms with E-state index >= 15 is 0 Å². The highest BCUT2D eigenvalue weighted by Crippen LogP contribution is 2.32. The Hall–Kier alpha value is -2.34. The zero-order chi connectivity index (χ0) is 17.6. The van der Waals surface area contributed by atoms with E-state index in [1.165, 1.54) is 12.5 Å². The minimum atomic E-state index is -0.448. The zero-order valence-electron chi connectivity index (χ0n) is 13.6. The van der Waals surface area contributed by atoms with Gasteiger partial charge in [-0.1, -0.05) is 30.2 Å². The van der Waals surface area contributed by atoms with Crippen LogP contribution in [0.4, 0.5) is 0 Å². The first-order valence-electron chi connectivity index (χ1n) is 8.24. The average molecular weight is 363 g/mol. The molecule has 0 bridgehead atoms. The number of halogens is 1. The summed E-state index contributed by atoms with van der Waals surface area (Å²) in [4.78, 5) is 24.1. The molecule has 1 fully saturated rings. The maximum atomic E-state index is 12.4. The highest BCUT2D eigenvalue weighted by Gasteiger charge is 2.36. The Kier molecular flexibility index (Phi) is 5.71. The minimum absolute atomic E-state index is 0.0167. The fourth-order valence-corrected chi connectivity index (χ4v) is 3.19. The number of allylic oxidation sites excluding steroid dienone is 1. The molecule has 7 heteroatoms. The number of carbonyl (C=O) groups is 2. The number of hydrazone groups is 1. The van der Waals surface area contributed by atoms with E-state index in [0.717, 1.165) is 25.7 Å². The van der Waals surface area contributed by atoms with Crippen molar-refractivity contribution in [3.63, 3.8) is 0 Å². The monoisotopic (exact) mass is 362 g/mol. The number of amides is 1. The molecule has 0 radical (unpaired) electrons. The molecule has 2 atom stereocenters. The summed E-state index contributed by atoms with van der Waals surface area (Å²) in [5.41, 5.74) is 2.70. The lowest BCUT2D eigenvalue weighted by Crippen LogP contribution is -2.37. The molecule has 2 aliphatic rings. The number of para-hydroxylation sites is 1. The second-order valence-electron chi connectivity index (χ2n) is 6.02. The van der Waals surface area contributed by atoms with E-state index in [1.54, 1.807) is 24.3 Å². The van der Waals surface area contributed by atoms with Gasteiger partial charge in [0.1, 0.15) is 11.9 Å². The lowest BCUT2D eigenvalue weighted by atomic mass is 9.80. The maximum absolute atomic E-state index is 12.4. The van der Waals surface area contributed by atoms with E-state index in [1.807, 2.05) is 0 Å². The number of Topliss-reactive ketones (excluding diaryl/α,β-unsaturated/α-hetero) is 1. The van der Waals surface area contributed by atoms with Gasteiger partial charge in [-0.05, 0) is 31.4 Å². The van der Waals surface area contributed by atoms with E-state index in [-0.39, 0.29) is 24.4 Å². The first kappa shape index (κ1) is 17.5. The van der Waals surface area contributed by atoms with E-state index in [0.29, 0.717) is 16.3 Å². The van der Waals surface area contributed by atoms with Crippen molar-refractivity contribution in [3.8, 4) is 5.75 Å². The molecule has 3 rings (SSSR count). The van der Waals surface area contributed by atoms with Gasteiger partial charge < -0.3 is 9.47 Å². The highest BCUT2D eigenvalue weighted by atomic mass is 35.5. The standard InChI is InChI=1S/C18H19ClN2O4/c19-14-6-2-4-8-16(14)25-11-17(22)21-20-9-12-10-24-15-7-3-1-5-13(15)18(12)23/h2,4,6,8-10,13,15H,1,3,5,7,11H2,(H,21,22)/b20-9+. The molecule has 1 aromatic rings. The molecular weight excluding hydrogens is 344 g/mol. The Balaban J connectivity index is 1.49. The summed E-state index contributed by atoms with van der Waals surface area (Å²) in [5.74, 6) is -0.0950. The Morgan fingerprint density at radius 3 is 3.00 bits per heavy atom. The van der Waals surface area contributed by atoms with Gasteiger partial charge in [-0.25, -0.2) is 5.43 Å². The van der Waals surface area contributed by atoms with E-state index < -0.39 is 5.91 Å². The van der Waals surface area contributed by atoms with Crippen molar-refractivity contribution in [2.75, 3.05) is 6.61 Å². The van der Waals surface area contributed by atoms with Gasteiger partial charge in [0.25, 0.3) is 5.91 Å².